The van der Waals surface area contributed by atoms with Crippen molar-refractivity contribution in [2.75, 3.05) is 0 Å². The molecule has 3 heteroatoms. The predicted octanol–water partition coefficient (Wildman–Crippen LogP) is 4.14. The van der Waals surface area contributed by atoms with E-state index in [1.807, 2.05) is 6.08 Å². The predicted molar refractivity (Wildman–Crippen MR) is 57.8 cm³/mol. The Labute approximate surface area is 92.6 Å². The molecule has 0 aliphatic heterocycles. The Morgan fingerprint density at radius 1 is 1.27 bits per heavy atom. The maximum absolute atomic E-state index is 13.5. The second-order valence-corrected chi connectivity index (χ2v) is 4.26. The van der Waals surface area contributed by atoms with E-state index in [1.165, 1.54) is 6.07 Å². The SMILES string of the molecule is Fc1cccc(C2=CC(Cl)CCC2)c1F. The van der Waals surface area contributed by atoms with E-state index in [-0.39, 0.29) is 5.38 Å². The highest BCUT2D eigenvalue weighted by molar-refractivity contribution is 6.22. The van der Waals surface area contributed by atoms with Gasteiger partial charge in [0, 0.05) is 5.56 Å². The Morgan fingerprint density at radius 3 is 2.80 bits per heavy atom. The van der Waals surface area contributed by atoms with Gasteiger partial charge in [0.2, 0.25) is 0 Å². The molecule has 0 saturated heterocycles. The molecule has 1 aliphatic carbocycles. The first-order chi connectivity index (χ1) is 7.18. The molecule has 1 aromatic rings. The first-order valence-electron chi connectivity index (χ1n) is 4.97. The molecule has 1 aromatic carbocycles. The van der Waals surface area contributed by atoms with Crippen LogP contribution in [0.4, 0.5) is 8.78 Å². The normalized spacial score (nSPS) is 21.3. The van der Waals surface area contributed by atoms with Crippen molar-refractivity contribution in [2.24, 2.45) is 0 Å². The molecule has 0 radical (unpaired) electrons. The third-order valence-corrected chi connectivity index (χ3v) is 2.95. The molecule has 0 heterocycles. The summed E-state index contributed by atoms with van der Waals surface area (Å²) in [7, 11) is 0. The van der Waals surface area contributed by atoms with Crippen molar-refractivity contribution in [3.63, 3.8) is 0 Å². The smallest absolute Gasteiger partial charge is 0.166 e. The van der Waals surface area contributed by atoms with E-state index in [4.69, 9.17) is 11.6 Å². The lowest BCUT2D eigenvalue weighted by Gasteiger charge is -2.17. The molecule has 0 bridgehead atoms. The van der Waals surface area contributed by atoms with Crippen molar-refractivity contribution in [1.82, 2.24) is 0 Å². The minimum absolute atomic E-state index is 0.0589. The molecule has 15 heavy (non-hydrogen) atoms. The average molecular weight is 229 g/mol. The quantitative estimate of drug-likeness (QED) is 0.634. The van der Waals surface area contributed by atoms with E-state index < -0.39 is 11.6 Å². The van der Waals surface area contributed by atoms with Crippen molar-refractivity contribution in [3.05, 3.63) is 41.5 Å². The third-order valence-electron chi connectivity index (χ3n) is 2.61. The Balaban J connectivity index is 2.41. The molecule has 1 atom stereocenters. The van der Waals surface area contributed by atoms with Gasteiger partial charge in [0.15, 0.2) is 11.6 Å². The number of halogens is 3. The van der Waals surface area contributed by atoms with Gasteiger partial charge in [-0.3, -0.25) is 0 Å². The van der Waals surface area contributed by atoms with Gasteiger partial charge in [-0.2, -0.15) is 0 Å². The van der Waals surface area contributed by atoms with Crippen LogP contribution in [0.15, 0.2) is 24.3 Å². The highest BCUT2D eigenvalue weighted by atomic mass is 35.5. The zero-order valence-corrected chi connectivity index (χ0v) is 8.90. The fourth-order valence-electron chi connectivity index (χ4n) is 1.85. The standard InChI is InChI=1S/C12H11ClF2/c13-9-4-1-3-8(7-9)10-5-2-6-11(14)12(10)15/h2,5-7,9H,1,3-4H2. The number of hydrogen-bond donors (Lipinski definition) is 0. The summed E-state index contributed by atoms with van der Waals surface area (Å²) >= 11 is 5.96. The van der Waals surface area contributed by atoms with E-state index in [0.717, 1.165) is 30.9 Å². The van der Waals surface area contributed by atoms with Crippen LogP contribution in [0.3, 0.4) is 0 Å². The Hall–Kier alpha value is -0.890. The zero-order valence-electron chi connectivity index (χ0n) is 8.14. The molecular formula is C12H11ClF2. The van der Waals surface area contributed by atoms with Gasteiger partial charge in [0.1, 0.15) is 0 Å². The lowest BCUT2D eigenvalue weighted by molar-refractivity contribution is 0.505. The van der Waals surface area contributed by atoms with Crippen LogP contribution in [0, 0.1) is 11.6 Å². The minimum atomic E-state index is -0.801. The van der Waals surface area contributed by atoms with Gasteiger partial charge in [-0.05, 0) is 30.9 Å². The monoisotopic (exact) mass is 228 g/mol. The first kappa shape index (κ1) is 10.6. The van der Waals surface area contributed by atoms with E-state index in [1.54, 1.807) is 6.07 Å². The maximum Gasteiger partial charge on any atom is 0.166 e. The molecule has 0 fully saturated rings. The Morgan fingerprint density at radius 2 is 2.07 bits per heavy atom. The summed E-state index contributed by atoms with van der Waals surface area (Å²) in [6.07, 6.45) is 4.42. The van der Waals surface area contributed by atoms with Crippen molar-refractivity contribution in [3.8, 4) is 0 Å². The number of benzene rings is 1. The van der Waals surface area contributed by atoms with E-state index >= 15 is 0 Å². The third kappa shape index (κ3) is 2.20. The zero-order chi connectivity index (χ0) is 10.8. The van der Waals surface area contributed by atoms with Gasteiger partial charge in [0.25, 0.3) is 0 Å². The highest BCUT2D eigenvalue weighted by Crippen LogP contribution is 2.31. The summed E-state index contributed by atoms with van der Waals surface area (Å²) in [5, 5.41) is -0.0589. The second kappa shape index (κ2) is 4.31. The molecule has 80 valence electrons. The topological polar surface area (TPSA) is 0 Å². The molecule has 0 spiro atoms. The van der Waals surface area contributed by atoms with Gasteiger partial charge < -0.3 is 0 Å². The first-order valence-corrected chi connectivity index (χ1v) is 5.41. The summed E-state index contributed by atoms with van der Waals surface area (Å²) in [5.41, 5.74) is 1.17. The lowest BCUT2D eigenvalue weighted by atomic mass is 9.93. The largest absolute Gasteiger partial charge is 0.204 e. The van der Waals surface area contributed by atoms with Crippen LogP contribution in [0.5, 0.6) is 0 Å². The fraction of sp³-hybridized carbons (Fsp3) is 0.333. The van der Waals surface area contributed by atoms with Gasteiger partial charge in [-0.1, -0.05) is 18.2 Å². The van der Waals surface area contributed by atoms with E-state index in [9.17, 15) is 8.78 Å². The van der Waals surface area contributed by atoms with Crippen molar-refractivity contribution in [2.45, 2.75) is 24.6 Å². The molecule has 0 nitrogen and oxygen atoms in total. The van der Waals surface area contributed by atoms with Crippen LogP contribution in [-0.2, 0) is 0 Å². The van der Waals surface area contributed by atoms with Crippen molar-refractivity contribution in [1.29, 1.82) is 0 Å². The number of alkyl halides is 1. The summed E-state index contributed by atoms with van der Waals surface area (Å²) < 4.78 is 26.5. The summed E-state index contributed by atoms with van der Waals surface area (Å²) in [6, 6.07) is 4.24. The molecule has 1 aliphatic rings. The van der Waals surface area contributed by atoms with Gasteiger partial charge in [0.05, 0.1) is 5.38 Å². The van der Waals surface area contributed by atoms with Gasteiger partial charge in [-0.25, -0.2) is 8.78 Å². The Bertz CT molecular complexity index is 399. The number of hydrogen-bond acceptors (Lipinski definition) is 0. The Kier molecular flexibility index (Phi) is 3.06. The maximum atomic E-state index is 13.5. The fourth-order valence-corrected chi connectivity index (χ4v) is 2.16. The molecular weight excluding hydrogens is 218 g/mol. The van der Waals surface area contributed by atoms with Crippen LogP contribution in [0.2, 0.25) is 0 Å². The summed E-state index contributed by atoms with van der Waals surface area (Å²) in [4.78, 5) is 0. The lowest BCUT2D eigenvalue weighted by Crippen LogP contribution is -2.04. The summed E-state index contributed by atoms with van der Waals surface area (Å²) in [6.45, 7) is 0. The van der Waals surface area contributed by atoms with Gasteiger partial charge in [-0.15, -0.1) is 11.6 Å². The average Bonchev–Trinajstić information content (AvgIpc) is 2.22. The van der Waals surface area contributed by atoms with E-state index in [2.05, 4.69) is 0 Å². The van der Waals surface area contributed by atoms with Gasteiger partial charge >= 0.3 is 0 Å². The molecule has 0 N–H and O–H groups in total. The second-order valence-electron chi connectivity index (χ2n) is 3.70. The van der Waals surface area contributed by atoms with Crippen molar-refractivity contribution >= 4 is 17.2 Å². The van der Waals surface area contributed by atoms with Crippen LogP contribution < -0.4 is 0 Å². The molecule has 0 saturated carbocycles. The highest BCUT2D eigenvalue weighted by Gasteiger charge is 2.16. The molecule has 0 aromatic heterocycles. The molecule has 1 unspecified atom stereocenters. The summed E-state index contributed by atoms with van der Waals surface area (Å²) in [5.74, 6) is -1.57. The molecule has 0 amide bonds. The van der Waals surface area contributed by atoms with Crippen molar-refractivity contribution < 1.29 is 8.78 Å². The minimum Gasteiger partial charge on any atom is -0.204 e. The molecule has 2 rings (SSSR count). The number of allylic oxidation sites excluding steroid dienone is 2. The number of rotatable bonds is 1. The van der Waals surface area contributed by atoms with Crippen LogP contribution in [-0.4, -0.2) is 5.38 Å². The van der Waals surface area contributed by atoms with E-state index in [0.29, 0.717) is 5.56 Å². The van der Waals surface area contributed by atoms with Crippen LogP contribution >= 0.6 is 11.6 Å². The van der Waals surface area contributed by atoms with Crippen LogP contribution in [0.25, 0.3) is 5.57 Å². The van der Waals surface area contributed by atoms with Crippen LogP contribution in [0.1, 0.15) is 24.8 Å².